The molecule has 30 heavy (non-hydrogen) atoms. The molecular formula is C26H36N2O2. The van der Waals surface area contributed by atoms with Gasteiger partial charge in [-0.2, -0.15) is 0 Å². The molecule has 0 aliphatic carbocycles. The van der Waals surface area contributed by atoms with Gasteiger partial charge in [-0.25, -0.2) is 0 Å². The fourth-order valence-corrected chi connectivity index (χ4v) is 5.74. The van der Waals surface area contributed by atoms with E-state index >= 15 is 0 Å². The number of ether oxygens (including phenoxy) is 2. The molecule has 2 aliphatic heterocycles. The molecule has 0 radical (unpaired) electrons. The summed E-state index contributed by atoms with van der Waals surface area (Å²) in [5, 5.41) is 3.73. The van der Waals surface area contributed by atoms with Crippen LogP contribution in [0, 0.1) is 20.8 Å². The zero-order valence-electron chi connectivity index (χ0n) is 19.3. The SMILES string of the molecule is CNC1(c2ccc(C)c(OC)c2)CC2CCC(C1)N2Cc1ccc(OC)c(C)c1C. The lowest BCUT2D eigenvalue weighted by molar-refractivity contribution is 0.0639. The maximum atomic E-state index is 5.63. The predicted octanol–water partition coefficient (Wildman–Crippen LogP) is 4.87. The topological polar surface area (TPSA) is 33.7 Å². The minimum absolute atomic E-state index is 0.0220. The van der Waals surface area contributed by atoms with Crippen molar-refractivity contribution in [2.24, 2.45) is 0 Å². The molecule has 1 N–H and O–H groups in total. The summed E-state index contributed by atoms with van der Waals surface area (Å²) in [5.41, 5.74) is 6.63. The molecule has 4 nitrogen and oxygen atoms in total. The summed E-state index contributed by atoms with van der Waals surface area (Å²) in [6.45, 7) is 7.54. The molecule has 2 aromatic carbocycles. The van der Waals surface area contributed by atoms with E-state index in [0.717, 1.165) is 30.9 Å². The lowest BCUT2D eigenvalue weighted by Crippen LogP contribution is -2.54. The maximum Gasteiger partial charge on any atom is 0.122 e. The van der Waals surface area contributed by atoms with Crippen LogP contribution >= 0.6 is 0 Å². The van der Waals surface area contributed by atoms with Gasteiger partial charge in [-0.05, 0) is 93.5 Å². The smallest absolute Gasteiger partial charge is 0.122 e. The minimum Gasteiger partial charge on any atom is -0.496 e. The maximum absolute atomic E-state index is 5.63. The second kappa shape index (κ2) is 8.24. The number of piperidine rings is 1. The zero-order chi connectivity index (χ0) is 21.5. The number of hydrogen-bond donors (Lipinski definition) is 1. The summed E-state index contributed by atoms with van der Waals surface area (Å²) < 4.78 is 11.1. The van der Waals surface area contributed by atoms with E-state index in [0.29, 0.717) is 12.1 Å². The van der Waals surface area contributed by atoms with Crippen molar-refractivity contribution in [3.05, 3.63) is 58.1 Å². The first kappa shape index (κ1) is 21.2. The van der Waals surface area contributed by atoms with Crippen LogP contribution < -0.4 is 14.8 Å². The van der Waals surface area contributed by atoms with Crippen molar-refractivity contribution in [1.82, 2.24) is 10.2 Å². The van der Waals surface area contributed by atoms with Gasteiger partial charge in [-0.1, -0.05) is 18.2 Å². The van der Waals surface area contributed by atoms with E-state index in [2.05, 4.69) is 68.4 Å². The first-order valence-electron chi connectivity index (χ1n) is 11.1. The first-order chi connectivity index (χ1) is 14.4. The summed E-state index contributed by atoms with van der Waals surface area (Å²) in [6, 6.07) is 12.3. The molecule has 0 saturated carbocycles. The Bertz CT molecular complexity index is 909. The van der Waals surface area contributed by atoms with Gasteiger partial charge in [0.15, 0.2) is 0 Å². The van der Waals surface area contributed by atoms with E-state index in [1.807, 2.05) is 0 Å². The zero-order valence-corrected chi connectivity index (χ0v) is 19.3. The van der Waals surface area contributed by atoms with Crippen molar-refractivity contribution in [3.63, 3.8) is 0 Å². The van der Waals surface area contributed by atoms with Crippen LogP contribution in [0.1, 0.15) is 53.5 Å². The molecular weight excluding hydrogens is 372 g/mol. The molecule has 2 saturated heterocycles. The van der Waals surface area contributed by atoms with E-state index < -0.39 is 0 Å². The number of fused-ring (bicyclic) bond motifs is 2. The van der Waals surface area contributed by atoms with E-state index in [1.54, 1.807) is 14.2 Å². The van der Waals surface area contributed by atoms with Crippen molar-refractivity contribution in [2.75, 3.05) is 21.3 Å². The Balaban J connectivity index is 1.59. The van der Waals surface area contributed by atoms with Crippen molar-refractivity contribution >= 4 is 0 Å². The lowest BCUT2D eigenvalue weighted by Gasteiger charge is -2.47. The molecule has 0 aromatic heterocycles. The highest BCUT2D eigenvalue weighted by Gasteiger charge is 2.48. The Labute approximate surface area is 181 Å². The average Bonchev–Trinajstić information content (AvgIpc) is 2.99. The Morgan fingerprint density at radius 1 is 0.933 bits per heavy atom. The number of methoxy groups -OCH3 is 2. The molecule has 2 fully saturated rings. The Morgan fingerprint density at radius 2 is 1.60 bits per heavy atom. The normalized spacial score (nSPS) is 26.1. The predicted molar refractivity (Wildman–Crippen MR) is 123 cm³/mol. The molecule has 2 bridgehead atoms. The van der Waals surface area contributed by atoms with E-state index in [1.165, 1.54) is 40.7 Å². The number of rotatable bonds is 6. The number of hydrogen-bond acceptors (Lipinski definition) is 4. The van der Waals surface area contributed by atoms with Crippen molar-refractivity contribution in [3.8, 4) is 11.5 Å². The highest BCUT2D eigenvalue weighted by molar-refractivity contribution is 5.44. The average molecular weight is 409 g/mol. The van der Waals surface area contributed by atoms with Crippen LogP contribution in [-0.2, 0) is 12.1 Å². The van der Waals surface area contributed by atoms with Gasteiger partial charge < -0.3 is 14.8 Å². The van der Waals surface area contributed by atoms with Crippen LogP contribution in [0.4, 0.5) is 0 Å². The molecule has 2 aromatic rings. The second-order valence-electron chi connectivity index (χ2n) is 9.16. The van der Waals surface area contributed by atoms with Crippen LogP contribution in [-0.4, -0.2) is 38.3 Å². The largest absolute Gasteiger partial charge is 0.496 e. The summed E-state index contributed by atoms with van der Waals surface area (Å²) in [6.07, 6.45) is 4.84. The lowest BCUT2D eigenvalue weighted by atomic mass is 9.77. The van der Waals surface area contributed by atoms with E-state index in [-0.39, 0.29) is 5.54 Å². The van der Waals surface area contributed by atoms with Gasteiger partial charge >= 0.3 is 0 Å². The molecule has 4 heteroatoms. The number of benzene rings is 2. The van der Waals surface area contributed by atoms with Crippen LogP contribution in [0.25, 0.3) is 0 Å². The Morgan fingerprint density at radius 3 is 2.20 bits per heavy atom. The molecule has 0 spiro atoms. The third-order valence-electron chi connectivity index (χ3n) is 7.80. The van der Waals surface area contributed by atoms with Crippen LogP contribution in [0.15, 0.2) is 30.3 Å². The van der Waals surface area contributed by atoms with Gasteiger partial charge in [0.05, 0.1) is 14.2 Å². The third-order valence-corrected chi connectivity index (χ3v) is 7.80. The van der Waals surface area contributed by atoms with Gasteiger partial charge in [0.2, 0.25) is 0 Å². The van der Waals surface area contributed by atoms with Crippen LogP contribution in [0.2, 0.25) is 0 Å². The fraction of sp³-hybridized carbons (Fsp3) is 0.538. The summed E-state index contributed by atoms with van der Waals surface area (Å²) in [4.78, 5) is 2.76. The number of nitrogens with zero attached hydrogens (tertiary/aromatic N) is 1. The molecule has 162 valence electrons. The molecule has 2 unspecified atom stereocenters. The molecule has 2 aliphatic rings. The minimum atomic E-state index is 0.0220. The molecule has 2 heterocycles. The fourth-order valence-electron chi connectivity index (χ4n) is 5.74. The third kappa shape index (κ3) is 3.50. The van der Waals surface area contributed by atoms with Gasteiger partial charge in [-0.15, -0.1) is 0 Å². The summed E-state index contributed by atoms with van der Waals surface area (Å²) >= 11 is 0. The number of nitrogens with one attached hydrogen (secondary N) is 1. The van der Waals surface area contributed by atoms with Crippen LogP contribution in [0.5, 0.6) is 11.5 Å². The van der Waals surface area contributed by atoms with Crippen molar-refractivity contribution < 1.29 is 9.47 Å². The summed E-state index contributed by atoms with van der Waals surface area (Å²) in [5.74, 6) is 1.97. The van der Waals surface area contributed by atoms with E-state index in [9.17, 15) is 0 Å². The molecule has 0 amide bonds. The quantitative estimate of drug-likeness (QED) is 0.739. The molecule has 4 rings (SSSR count). The van der Waals surface area contributed by atoms with Crippen molar-refractivity contribution in [1.29, 1.82) is 0 Å². The van der Waals surface area contributed by atoms with Crippen LogP contribution in [0.3, 0.4) is 0 Å². The van der Waals surface area contributed by atoms with E-state index in [4.69, 9.17) is 9.47 Å². The Hall–Kier alpha value is -2.04. The Kier molecular flexibility index (Phi) is 5.82. The van der Waals surface area contributed by atoms with Gasteiger partial charge in [0.1, 0.15) is 11.5 Å². The monoisotopic (exact) mass is 408 g/mol. The van der Waals surface area contributed by atoms with Gasteiger partial charge in [0.25, 0.3) is 0 Å². The van der Waals surface area contributed by atoms with Gasteiger partial charge in [-0.3, -0.25) is 4.90 Å². The first-order valence-corrected chi connectivity index (χ1v) is 11.1. The highest BCUT2D eigenvalue weighted by atomic mass is 16.5. The molecule has 2 atom stereocenters. The highest BCUT2D eigenvalue weighted by Crippen LogP contribution is 2.47. The van der Waals surface area contributed by atoms with Crippen molar-refractivity contribution in [2.45, 2.75) is 70.6 Å². The van der Waals surface area contributed by atoms with Gasteiger partial charge in [0, 0.05) is 24.2 Å². The number of aryl methyl sites for hydroxylation is 1. The summed E-state index contributed by atoms with van der Waals surface area (Å²) in [7, 11) is 5.64. The standard InChI is InChI=1S/C26H36N2O2/c1-17-7-9-21(13-25(17)30-6)26(27-4)14-22-10-11-23(15-26)28(22)16-20-8-12-24(29-5)19(3)18(20)2/h7-9,12-13,22-23,27H,10-11,14-16H2,1-6H3. The second-order valence-corrected chi connectivity index (χ2v) is 9.16.